The molecule has 9 heteroatoms. The summed E-state index contributed by atoms with van der Waals surface area (Å²) in [6.07, 6.45) is 3.89. The van der Waals surface area contributed by atoms with Crippen LogP contribution in [0.5, 0.6) is 0 Å². The molecule has 0 unspecified atom stereocenters. The summed E-state index contributed by atoms with van der Waals surface area (Å²) in [7, 11) is -8.71. The minimum absolute atomic E-state index is 0. The Labute approximate surface area is 170 Å². The van der Waals surface area contributed by atoms with Crippen LogP contribution in [0.1, 0.15) is 11.1 Å². The van der Waals surface area contributed by atoms with E-state index in [4.69, 9.17) is 0 Å². The molecule has 0 aromatic heterocycles. The average Bonchev–Trinajstić information content (AvgIpc) is 2.55. The zero-order valence-corrected chi connectivity index (χ0v) is 16.7. The van der Waals surface area contributed by atoms with Crippen molar-refractivity contribution in [1.29, 1.82) is 0 Å². The SMILES string of the molecule is C=CCc1ccccc1S(=O)(=O)[O-].C=CCc1ccccc1S(=O)(=O)[O-].[Cu+2]. The van der Waals surface area contributed by atoms with E-state index in [1.54, 1.807) is 36.4 Å². The zero-order chi connectivity index (χ0) is 19.8. The van der Waals surface area contributed by atoms with Gasteiger partial charge in [-0.1, -0.05) is 48.6 Å². The van der Waals surface area contributed by atoms with Crippen molar-refractivity contribution in [3.05, 3.63) is 85.0 Å². The molecule has 2 aromatic carbocycles. The molecule has 0 N–H and O–H groups in total. The molecular formula is C18H18CuO6S2. The van der Waals surface area contributed by atoms with Crippen molar-refractivity contribution in [1.82, 2.24) is 0 Å². The van der Waals surface area contributed by atoms with Crippen LogP contribution in [-0.2, 0) is 50.1 Å². The molecule has 0 aliphatic rings. The monoisotopic (exact) mass is 457 g/mol. The fourth-order valence-corrected chi connectivity index (χ4v) is 3.58. The molecule has 2 aromatic rings. The van der Waals surface area contributed by atoms with Crippen LogP contribution in [0, 0.1) is 0 Å². The Morgan fingerprint density at radius 3 is 1.26 bits per heavy atom. The van der Waals surface area contributed by atoms with Gasteiger partial charge in [0.05, 0.1) is 9.79 Å². The first kappa shape index (κ1) is 25.3. The standard InChI is InChI=1S/2C9H10O3S.Cu/c2*1-2-5-8-6-3-4-7-9(8)13(10,11)12;/h2*2-4,6-7H,1,5H2,(H,10,11,12);/q;;+2/p-2. The second-order valence-electron chi connectivity index (χ2n) is 5.11. The number of allylic oxidation sites excluding steroid dienone is 2. The third kappa shape index (κ3) is 8.21. The molecule has 0 atom stereocenters. The summed E-state index contributed by atoms with van der Waals surface area (Å²) in [6, 6.07) is 12.2. The molecule has 2 rings (SSSR count). The molecule has 0 heterocycles. The predicted octanol–water partition coefficient (Wildman–Crippen LogP) is 2.64. The van der Waals surface area contributed by atoms with Gasteiger partial charge in [-0.25, -0.2) is 16.8 Å². The van der Waals surface area contributed by atoms with E-state index in [0.29, 0.717) is 24.0 Å². The molecule has 0 amide bonds. The van der Waals surface area contributed by atoms with Crippen molar-refractivity contribution in [3.63, 3.8) is 0 Å². The van der Waals surface area contributed by atoms with Crippen LogP contribution in [0.4, 0.5) is 0 Å². The fourth-order valence-electron chi connectivity index (χ4n) is 2.14. The number of benzene rings is 2. The van der Waals surface area contributed by atoms with E-state index in [2.05, 4.69) is 13.2 Å². The normalized spacial score (nSPS) is 10.7. The van der Waals surface area contributed by atoms with E-state index < -0.39 is 20.2 Å². The first-order valence-corrected chi connectivity index (χ1v) is 10.2. The quantitative estimate of drug-likeness (QED) is 0.374. The minimum Gasteiger partial charge on any atom is -0.744 e. The van der Waals surface area contributed by atoms with Gasteiger partial charge in [-0.15, -0.1) is 13.2 Å². The smallest absolute Gasteiger partial charge is 0.744 e. The average molecular weight is 458 g/mol. The van der Waals surface area contributed by atoms with Crippen LogP contribution in [0.2, 0.25) is 0 Å². The summed E-state index contributed by atoms with van der Waals surface area (Å²) in [5, 5.41) is 0. The van der Waals surface area contributed by atoms with Crippen LogP contribution in [0.15, 0.2) is 83.6 Å². The molecule has 6 nitrogen and oxygen atoms in total. The molecule has 149 valence electrons. The Kier molecular flexibility index (Phi) is 10.5. The molecular weight excluding hydrogens is 440 g/mol. The largest absolute Gasteiger partial charge is 2.00 e. The van der Waals surface area contributed by atoms with E-state index in [-0.39, 0.29) is 26.9 Å². The summed E-state index contributed by atoms with van der Waals surface area (Å²) in [5.41, 5.74) is 0.986. The molecule has 0 aliphatic heterocycles. The molecule has 0 spiro atoms. The topological polar surface area (TPSA) is 114 Å². The van der Waals surface area contributed by atoms with Crippen LogP contribution in [0.25, 0.3) is 0 Å². The van der Waals surface area contributed by atoms with Crippen molar-refractivity contribution in [2.24, 2.45) is 0 Å². The summed E-state index contributed by atoms with van der Waals surface area (Å²) in [5.74, 6) is 0. The van der Waals surface area contributed by atoms with Crippen molar-refractivity contribution in [3.8, 4) is 0 Å². The molecule has 0 saturated heterocycles. The van der Waals surface area contributed by atoms with Crippen molar-refractivity contribution in [2.45, 2.75) is 22.6 Å². The Balaban J connectivity index is 0.000000483. The van der Waals surface area contributed by atoms with Gasteiger partial charge < -0.3 is 9.11 Å². The van der Waals surface area contributed by atoms with Gasteiger partial charge in [-0.3, -0.25) is 0 Å². The fraction of sp³-hybridized carbons (Fsp3) is 0.111. The first-order valence-electron chi connectivity index (χ1n) is 7.40. The van der Waals surface area contributed by atoms with Gasteiger partial charge in [-0.2, -0.15) is 0 Å². The number of hydrogen-bond donors (Lipinski definition) is 0. The van der Waals surface area contributed by atoms with E-state index >= 15 is 0 Å². The Morgan fingerprint density at radius 1 is 0.704 bits per heavy atom. The van der Waals surface area contributed by atoms with Gasteiger partial charge in [0.1, 0.15) is 20.2 Å². The van der Waals surface area contributed by atoms with Gasteiger partial charge in [0, 0.05) is 0 Å². The molecule has 0 fully saturated rings. The Hall–Kier alpha value is -1.74. The van der Waals surface area contributed by atoms with Crippen molar-refractivity contribution < 1.29 is 43.0 Å². The third-order valence-electron chi connectivity index (χ3n) is 3.21. The van der Waals surface area contributed by atoms with Gasteiger partial charge in [0.15, 0.2) is 0 Å². The van der Waals surface area contributed by atoms with Crippen LogP contribution in [0.3, 0.4) is 0 Å². The van der Waals surface area contributed by atoms with Gasteiger partial charge in [0.25, 0.3) is 0 Å². The summed E-state index contributed by atoms with van der Waals surface area (Å²) < 4.78 is 64.4. The number of hydrogen-bond acceptors (Lipinski definition) is 6. The Morgan fingerprint density at radius 2 is 1.00 bits per heavy atom. The van der Waals surface area contributed by atoms with Crippen molar-refractivity contribution in [2.75, 3.05) is 0 Å². The van der Waals surface area contributed by atoms with Gasteiger partial charge in [0.2, 0.25) is 0 Å². The zero-order valence-electron chi connectivity index (χ0n) is 14.2. The van der Waals surface area contributed by atoms with E-state index in [1.165, 1.54) is 24.3 Å². The van der Waals surface area contributed by atoms with E-state index in [0.717, 1.165) is 0 Å². The second-order valence-corrected chi connectivity index (χ2v) is 7.81. The van der Waals surface area contributed by atoms with Crippen LogP contribution in [-0.4, -0.2) is 25.9 Å². The van der Waals surface area contributed by atoms with Crippen LogP contribution >= 0.6 is 0 Å². The maximum absolute atomic E-state index is 10.7. The van der Waals surface area contributed by atoms with E-state index in [1.807, 2.05) is 0 Å². The molecule has 0 bridgehead atoms. The van der Waals surface area contributed by atoms with Gasteiger partial charge >= 0.3 is 17.1 Å². The minimum atomic E-state index is -4.35. The molecule has 1 radical (unpaired) electrons. The molecule has 0 aliphatic carbocycles. The molecule has 27 heavy (non-hydrogen) atoms. The summed E-state index contributed by atoms with van der Waals surface area (Å²) >= 11 is 0. The third-order valence-corrected chi connectivity index (χ3v) is 5.09. The number of rotatable bonds is 6. The second kappa shape index (κ2) is 11.2. The maximum Gasteiger partial charge on any atom is 2.00 e. The maximum atomic E-state index is 10.7. The van der Waals surface area contributed by atoms with Gasteiger partial charge in [-0.05, 0) is 36.1 Å². The van der Waals surface area contributed by atoms with Crippen LogP contribution < -0.4 is 0 Å². The summed E-state index contributed by atoms with van der Waals surface area (Å²) in [4.78, 5) is -0.315. The Bertz CT molecular complexity index is 901. The molecule has 0 saturated carbocycles. The van der Waals surface area contributed by atoms with E-state index in [9.17, 15) is 25.9 Å². The summed E-state index contributed by atoms with van der Waals surface area (Å²) in [6.45, 7) is 6.96. The first-order chi connectivity index (χ1) is 12.1. The predicted molar refractivity (Wildman–Crippen MR) is 96.6 cm³/mol. The van der Waals surface area contributed by atoms with Crippen molar-refractivity contribution >= 4 is 20.2 Å².